The number of nitriles is 1. The number of hydrogen-bond acceptors (Lipinski definition) is 8. The lowest BCUT2D eigenvalue weighted by Gasteiger charge is -2.59. The molecule has 1 aromatic carbocycles. The quantitative estimate of drug-likeness (QED) is 0.317. The molecule has 2 fully saturated rings. The van der Waals surface area contributed by atoms with Crippen molar-refractivity contribution in [1.29, 1.82) is 5.26 Å². The van der Waals surface area contributed by atoms with E-state index >= 15 is 0 Å². The van der Waals surface area contributed by atoms with Crippen LogP contribution in [0.5, 0.6) is 5.75 Å². The van der Waals surface area contributed by atoms with Gasteiger partial charge in [0.05, 0.1) is 32.4 Å². The fourth-order valence-electron chi connectivity index (χ4n) is 5.36. The fraction of sp³-hybridized carbons (Fsp3) is 0.308. The van der Waals surface area contributed by atoms with E-state index in [4.69, 9.17) is 39.5 Å². The molecule has 206 valence electrons. The number of aromatic nitrogens is 4. The zero-order valence-electron chi connectivity index (χ0n) is 21.3. The van der Waals surface area contributed by atoms with Crippen molar-refractivity contribution < 1.29 is 13.2 Å². The van der Waals surface area contributed by atoms with Gasteiger partial charge in [-0.2, -0.15) is 10.4 Å². The third-order valence-corrected chi connectivity index (χ3v) is 9.42. The van der Waals surface area contributed by atoms with E-state index in [0.29, 0.717) is 80.7 Å². The van der Waals surface area contributed by atoms with Crippen LogP contribution in [-0.2, 0) is 10.0 Å². The van der Waals surface area contributed by atoms with Crippen LogP contribution < -0.4 is 9.64 Å². The molecule has 0 bridgehead atoms. The number of ether oxygens (including phenoxy) is 1. The summed E-state index contributed by atoms with van der Waals surface area (Å²) in [5.74, 6) is 0.981. The summed E-state index contributed by atoms with van der Waals surface area (Å²) >= 11 is 19.1. The van der Waals surface area contributed by atoms with E-state index in [9.17, 15) is 13.7 Å². The molecule has 2 aliphatic rings. The van der Waals surface area contributed by atoms with Gasteiger partial charge in [0.15, 0.2) is 0 Å². The van der Waals surface area contributed by atoms with Gasteiger partial charge in [0.2, 0.25) is 10.0 Å². The Balaban J connectivity index is 1.26. The Hall–Kier alpha value is -3.14. The predicted molar refractivity (Wildman–Crippen MR) is 153 cm³/mol. The number of halogens is 3. The Bertz CT molecular complexity index is 1790. The summed E-state index contributed by atoms with van der Waals surface area (Å²) in [5, 5.41) is 19.2. The zero-order valence-corrected chi connectivity index (χ0v) is 24.4. The van der Waals surface area contributed by atoms with Gasteiger partial charge in [-0.05, 0) is 25.1 Å². The van der Waals surface area contributed by atoms with Crippen LogP contribution in [0.4, 0.5) is 5.82 Å². The number of rotatable bonds is 6. The van der Waals surface area contributed by atoms with Crippen molar-refractivity contribution in [1.82, 2.24) is 24.5 Å². The molecule has 2 saturated heterocycles. The van der Waals surface area contributed by atoms with Crippen LogP contribution in [0, 0.1) is 16.7 Å². The normalized spacial score (nSPS) is 17.4. The largest absolute Gasteiger partial charge is 0.484 e. The number of H-pyrrole nitrogens is 1. The molecular weight excluding hydrogens is 597 g/mol. The molecule has 1 N–H and O–H groups in total. The minimum atomic E-state index is -3.18. The van der Waals surface area contributed by atoms with Crippen LogP contribution >= 0.6 is 34.8 Å². The van der Waals surface area contributed by atoms with Crippen LogP contribution in [0.3, 0.4) is 0 Å². The topological polar surface area (TPSA) is 128 Å². The Morgan fingerprint density at radius 3 is 2.42 bits per heavy atom. The van der Waals surface area contributed by atoms with Gasteiger partial charge in [0.1, 0.15) is 29.4 Å². The van der Waals surface area contributed by atoms with Crippen LogP contribution in [0.2, 0.25) is 15.1 Å². The van der Waals surface area contributed by atoms with Crippen LogP contribution in [0.25, 0.3) is 22.2 Å². The van der Waals surface area contributed by atoms with Crippen LogP contribution in [0.15, 0.2) is 36.8 Å². The number of pyridine rings is 2. The highest BCUT2D eigenvalue weighted by Crippen LogP contribution is 2.44. The Morgan fingerprint density at radius 2 is 1.77 bits per heavy atom. The molecule has 0 amide bonds. The summed E-state index contributed by atoms with van der Waals surface area (Å²) in [6.07, 6.45) is 5.39. The maximum absolute atomic E-state index is 11.7. The molecule has 5 heterocycles. The summed E-state index contributed by atoms with van der Waals surface area (Å²) in [5.41, 5.74) is 2.85. The molecule has 2 aliphatic heterocycles. The molecule has 0 aliphatic carbocycles. The maximum atomic E-state index is 11.7. The number of sulfonamides is 1. The second kappa shape index (κ2) is 9.75. The van der Waals surface area contributed by atoms with Crippen molar-refractivity contribution in [2.24, 2.45) is 5.41 Å². The van der Waals surface area contributed by atoms with Gasteiger partial charge in [-0.25, -0.2) is 17.7 Å². The molecule has 40 heavy (non-hydrogen) atoms. The average molecular weight is 619 g/mol. The summed E-state index contributed by atoms with van der Waals surface area (Å²) < 4.78 is 31.1. The molecule has 14 heteroatoms. The number of anilines is 1. The SMILES string of the molecule is C[C@@H](Oc1cc2c(-c3cnc(N4CC5(C4)CN(S(C)(=O)=O)C5)c(C#N)c3)n[nH]c2cc1Cl)c1c(Cl)cncc1Cl. The van der Waals surface area contributed by atoms with Gasteiger partial charge in [0, 0.05) is 66.7 Å². The smallest absolute Gasteiger partial charge is 0.211 e. The lowest BCUT2D eigenvalue weighted by atomic mass is 9.74. The van der Waals surface area contributed by atoms with Crippen molar-refractivity contribution in [2.45, 2.75) is 13.0 Å². The standard InChI is InChI=1S/C26H22Cl3N7O3S/c1-14(23-19(28)8-31-9-20(23)29)39-22-4-17-21(5-18(22)27)33-34-24(17)16-3-15(6-30)25(32-7-16)35-10-26(11-35)12-36(13-26)40(2,37)38/h3-5,7-9,14H,10-13H2,1-2H3,(H,33,34)/t14-/m1/s1. The van der Waals surface area contributed by atoms with Crippen molar-refractivity contribution in [3.63, 3.8) is 0 Å². The molecule has 0 unspecified atom stereocenters. The molecular formula is C26H22Cl3N7O3S. The highest BCUT2D eigenvalue weighted by molar-refractivity contribution is 7.88. The number of nitrogens with one attached hydrogen (secondary N) is 1. The van der Waals surface area contributed by atoms with Gasteiger partial charge in [0.25, 0.3) is 0 Å². The third-order valence-electron chi connectivity index (χ3n) is 7.32. The van der Waals surface area contributed by atoms with Crippen molar-refractivity contribution in [3.8, 4) is 23.1 Å². The van der Waals surface area contributed by atoms with Crippen LogP contribution in [-0.4, -0.2) is 65.3 Å². The first-order valence-electron chi connectivity index (χ1n) is 12.2. The molecule has 10 nitrogen and oxygen atoms in total. The van der Waals surface area contributed by atoms with E-state index in [0.717, 1.165) is 5.39 Å². The van der Waals surface area contributed by atoms with Gasteiger partial charge >= 0.3 is 0 Å². The van der Waals surface area contributed by atoms with Gasteiger partial charge in [-0.1, -0.05) is 34.8 Å². The van der Waals surface area contributed by atoms with E-state index in [1.165, 1.54) is 23.0 Å². The van der Waals surface area contributed by atoms with E-state index in [2.05, 4.69) is 26.2 Å². The lowest BCUT2D eigenvalue weighted by Crippen LogP contribution is -2.73. The van der Waals surface area contributed by atoms with Crippen molar-refractivity contribution in [2.75, 3.05) is 37.3 Å². The summed E-state index contributed by atoms with van der Waals surface area (Å²) in [7, 11) is -3.18. The average Bonchev–Trinajstić information content (AvgIpc) is 3.24. The Labute approximate surface area is 245 Å². The van der Waals surface area contributed by atoms with Gasteiger partial charge in [-0.15, -0.1) is 0 Å². The lowest BCUT2D eigenvalue weighted by molar-refractivity contribution is 0.0395. The van der Waals surface area contributed by atoms with Gasteiger partial charge in [-0.3, -0.25) is 10.1 Å². The Morgan fingerprint density at radius 1 is 1.07 bits per heavy atom. The third kappa shape index (κ3) is 4.63. The molecule has 1 atom stereocenters. The van der Waals surface area contributed by atoms with E-state index in [-0.39, 0.29) is 5.41 Å². The number of benzene rings is 1. The van der Waals surface area contributed by atoms with E-state index < -0.39 is 16.1 Å². The van der Waals surface area contributed by atoms with Crippen LogP contribution in [0.1, 0.15) is 24.2 Å². The summed E-state index contributed by atoms with van der Waals surface area (Å²) in [4.78, 5) is 10.6. The zero-order chi connectivity index (χ0) is 28.4. The van der Waals surface area contributed by atoms with E-state index in [1.807, 2.05) is 11.8 Å². The second-order valence-corrected chi connectivity index (χ2v) is 13.5. The summed E-state index contributed by atoms with van der Waals surface area (Å²) in [6, 6.07) is 7.49. The molecule has 0 saturated carbocycles. The highest BCUT2D eigenvalue weighted by Gasteiger charge is 2.54. The second-order valence-electron chi connectivity index (χ2n) is 10.3. The predicted octanol–water partition coefficient (Wildman–Crippen LogP) is 5.07. The maximum Gasteiger partial charge on any atom is 0.211 e. The molecule has 1 spiro atoms. The number of aromatic amines is 1. The molecule has 0 radical (unpaired) electrons. The van der Waals surface area contributed by atoms with Gasteiger partial charge < -0.3 is 9.64 Å². The van der Waals surface area contributed by atoms with E-state index in [1.54, 1.807) is 24.4 Å². The summed E-state index contributed by atoms with van der Waals surface area (Å²) in [6.45, 7) is 4.09. The minimum absolute atomic E-state index is 0.0773. The first kappa shape index (κ1) is 27.1. The first-order valence-corrected chi connectivity index (χ1v) is 15.2. The minimum Gasteiger partial charge on any atom is -0.484 e. The fourth-order valence-corrected chi connectivity index (χ4v) is 7.26. The number of nitrogens with zero attached hydrogens (tertiary/aromatic N) is 6. The molecule has 6 rings (SSSR count). The number of hydrogen-bond donors (Lipinski definition) is 1. The Kier molecular flexibility index (Phi) is 6.59. The number of fused-ring (bicyclic) bond motifs is 1. The molecule has 4 aromatic rings. The molecule has 3 aromatic heterocycles. The van der Waals surface area contributed by atoms with Crippen molar-refractivity contribution >= 4 is 61.5 Å². The highest BCUT2D eigenvalue weighted by atomic mass is 35.5. The monoisotopic (exact) mass is 617 g/mol. The van der Waals surface area contributed by atoms with Crippen molar-refractivity contribution in [3.05, 3.63) is 63.0 Å². The first-order chi connectivity index (χ1) is 19.0.